The second-order valence-electron chi connectivity index (χ2n) is 19.6. The fraction of sp³-hybridized carbons (Fsp3) is 0.296. The third-order valence-electron chi connectivity index (χ3n) is 10.7. The summed E-state index contributed by atoms with van der Waals surface area (Å²) < 4.78 is 8.13. The summed E-state index contributed by atoms with van der Waals surface area (Å²) in [6.07, 6.45) is 7.41. The molecule has 0 atom stereocenters. The molecule has 8 rings (SSSR count). The molecule has 6 heteroatoms. The van der Waals surface area contributed by atoms with E-state index in [4.69, 9.17) is 9.40 Å². The molecular formula is C54H59IrN3OSi-2. The number of fused-ring (bicyclic) bond motifs is 2. The molecule has 0 N–H and O–H groups in total. The minimum Gasteiger partial charge on any atom is -0.557 e. The zero-order valence-corrected chi connectivity index (χ0v) is 40.6. The first kappa shape index (κ1) is 44.7. The van der Waals surface area contributed by atoms with Crippen molar-refractivity contribution in [2.24, 2.45) is 11.3 Å². The van der Waals surface area contributed by atoms with Gasteiger partial charge in [0.25, 0.3) is 0 Å². The predicted molar refractivity (Wildman–Crippen MR) is 252 cm³/mol. The Morgan fingerprint density at radius 1 is 0.767 bits per heavy atom. The molecule has 5 aromatic carbocycles. The van der Waals surface area contributed by atoms with Crippen LogP contribution in [0.1, 0.15) is 72.1 Å². The number of imidazole rings is 1. The first-order chi connectivity index (χ1) is 27.9. The molecule has 0 unspecified atom stereocenters. The second-order valence-corrected chi connectivity index (χ2v) is 24.7. The molecule has 311 valence electrons. The number of furan rings is 1. The van der Waals surface area contributed by atoms with Gasteiger partial charge in [0.05, 0.1) is 24.9 Å². The Balaban J connectivity index is 0.000000243. The molecule has 4 nitrogen and oxygen atoms in total. The van der Waals surface area contributed by atoms with E-state index in [0.717, 1.165) is 63.2 Å². The van der Waals surface area contributed by atoms with Crippen molar-refractivity contribution < 1.29 is 24.5 Å². The van der Waals surface area contributed by atoms with Crippen LogP contribution in [0.5, 0.6) is 0 Å². The summed E-state index contributed by atoms with van der Waals surface area (Å²) in [4.78, 5) is 9.76. The molecule has 60 heavy (non-hydrogen) atoms. The van der Waals surface area contributed by atoms with Gasteiger partial charge in [-0.1, -0.05) is 170 Å². The Morgan fingerprint density at radius 2 is 1.43 bits per heavy atom. The van der Waals surface area contributed by atoms with Crippen LogP contribution in [0.15, 0.2) is 132 Å². The minimum absolute atomic E-state index is 0. The van der Waals surface area contributed by atoms with Gasteiger partial charge in [-0.05, 0) is 81.4 Å². The van der Waals surface area contributed by atoms with Gasteiger partial charge in [-0.15, -0.1) is 35.9 Å². The smallest absolute Gasteiger partial charge is 0.0798 e. The topological polar surface area (TPSA) is 43.9 Å². The van der Waals surface area contributed by atoms with E-state index in [0.29, 0.717) is 5.92 Å². The Kier molecular flexibility index (Phi) is 13.4. The summed E-state index contributed by atoms with van der Waals surface area (Å²) in [6, 6.07) is 46.0. The fourth-order valence-electron chi connectivity index (χ4n) is 7.81. The van der Waals surface area contributed by atoms with Crippen molar-refractivity contribution in [2.45, 2.75) is 93.3 Å². The Morgan fingerprint density at radius 3 is 2.05 bits per heavy atom. The molecule has 0 fully saturated rings. The maximum Gasteiger partial charge on any atom is 0.0798 e. The summed E-state index contributed by atoms with van der Waals surface area (Å²) in [6.45, 7) is 25.3. The van der Waals surface area contributed by atoms with Gasteiger partial charge in [0.15, 0.2) is 0 Å². The van der Waals surface area contributed by atoms with E-state index in [9.17, 15) is 0 Å². The van der Waals surface area contributed by atoms with Gasteiger partial charge in [-0.3, -0.25) is 4.98 Å². The Bertz CT molecular complexity index is 2670. The Hall–Kier alpha value is -4.87. The monoisotopic (exact) mass is 986 g/mol. The minimum atomic E-state index is -1.34. The fourth-order valence-corrected chi connectivity index (χ4v) is 9.40. The first-order valence-corrected chi connectivity index (χ1v) is 24.5. The number of hydrogen-bond acceptors (Lipinski definition) is 3. The van der Waals surface area contributed by atoms with E-state index in [1.54, 1.807) is 0 Å². The zero-order valence-electron chi connectivity index (χ0n) is 37.2. The number of rotatable bonds is 8. The van der Waals surface area contributed by atoms with E-state index in [1.165, 1.54) is 33.0 Å². The Labute approximate surface area is 372 Å². The van der Waals surface area contributed by atoms with Gasteiger partial charge in [0.2, 0.25) is 0 Å². The van der Waals surface area contributed by atoms with E-state index in [1.807, 2.05) is 24.3 Å². The summed E-state index contributed by atoms with van der Waals surface area (Å²) in [7, 11) is -1.34. The third kappa shape index (κ3) is 10.3. The van der Waals surface area contributed by atoms with Crippen LogP contribution in [0.25, 0.3) is 61.5 Å². The SMILES string of the molecule is CC(C)(C)Cc1ccc2o[c-]c(-c3nc4ccccc4n3-c3ccc(-c4ccc(C(C)(C)C)cc4)cc3)c2c1.CC(C)Cc1cc(-c2[c-]cccc2)ncc1[Si](C)(C)C.[Ir]. The molecule has 0 aliphatic rings. The van der Waals surface area contributed by atoms with Crippen LogP contribution in [0, 0.1) is 23.7 Å². The molecule has 0 aliphatic carbocycles. The van der Waals surface area contributed by atoms with Crippen molar-refractivity contribution >= 4 is 35.3 Å². The molecule has 0 saturated carbocycles. The van der Waals surface area contributed by atoms with E-state index < -0.39 is 8.07 Å². The molecular weight excluding hydrogens is 927 g/mol. The van der Waals surface area contributed by atoms with Crippen LogP contribution in [-0.2, 0) is 38.4 Å². The predicted octanol–water partition coefficient (Wildman–Crippen LogP) is 14.1. The molecule has 8 aromatic rings. The van der Waals surface area contributed by atoms with Crippen LogP contribution in [0.3, 0.4) is 0 Å². The standard InChI is InChI=1S/C36H35N2O.C18H24NSi.Ir/c1-35(2,3)22-24-11-20-33-29(21-24)30(23-39-33)34-37-31-9-7-8-10-32(31)38(34)28-18-14-26(15-19-28)25-12-16-27(17-13-25)36(4,5)6;1-14(2)11-16-12-17(15-9-7-6-8-10-15)19-13-18(16)20(3,4)5;/h7-21H,22H2,1-6H3;6-9,12-14H,11H2,1-5H3;/q2*-1;. The maximum absolute atomic E-state index is 5.91. The summed E-state index contributed by atoms with van der Waals surface area (Å²) in [5.74, 6) is 1.50. The molecule has 3 heterocycles. The van der Waals surface area contributed by atoms with Gasteiger partial charge < -0.3 is 14.0 Å². The number of aromatic nitrogens is 3. The number of benzene rings is 5. The summed E-state index contributed by atoms with van der Waals surface area (Å²) in [5.41, 5.74) is 13.8. The van der Waals surface area contributed by atoms with Crippen molar-refractivity contribution in [3.05, 3.63) is 157 Å². The third-order valence-corrected chi connectivity index (χ3v) is 12.8. The van der Waals surface area contributed by atoms with E-state index in [2.05, 4.69) is 200 Å². The molecule has 0 spiro atoms. The van der Waals surface area contributed by atoms with Gasteiger partial charge in [-0.2, -0.15) is 0 Å². The summed E-state index contributed by atoms with van der Waals surface area (Å²) in [5, 5.41) is 2.54. The first-order valence-electron chi connectivity index (χ1n) is 21.0. The molecule has 0 amide bonds. The van der Waals surface area contributed by atoms with Gasteiger partial charge in [-0.25, -0.2) is 0 Å². The van der Waals surface area contributed by atoms with Crippen molar-refractivity contribution in [2.75, 3.05) is 0 Å². The normalized spacial score (nSPS) is 12.1. The van der Waals surface area contributed by atoms with Gasteiger partial charge >= 0.3 is 0 Å². The van der Waals surface area contributed by atoms with Crippen molar-refractivity contribution in [3.8, 4) is 39.5 Å². The quantitative estimate of drug-likeness (QED) is 0.113. The molecule has 3 aromatic heterocycles. The second kappa shape index (κ2) is 18.0. The number of hydrogen-bond donors (Lipinski definition) is 0. The molecule has 1 radical (unpaired) electrons. The average Bonchev–Trinajstić information content (AvgIpc) is 3.78. The molecule has 0 saturated heterocycles. The van der Waals surface area contributed by atoms with Gasteiger partial charge in [0, 0.05) is 43.8 Å². The largest absolute Gasteiger partial charge is 0.557 e. The van der Waals surface area contributed by atoms with E-state index in [-0.39, 0.29) is 30.9 Å². The van der Waals surface area contributed by atoms with Gasteiger partial charge in [0.1, 0.15) is 0 Å². The zero-order chi connectivity index (χ0) is 42.1. The van der Waals surface area contributed by atoms with Crippen LogP contribution >= 0.6 is 0 Å². The summed E-state index contributed by atoms with van der Waals surface area (Å²) >= 11 is 0. The number of pyridine rings is 1. The van der Waals surface area contributed by atoms with Crippen LogP contribution in [0.4, 0.5) is 0 Å². The van der Waals surface area contributed by atoms with Crippen molar-refractivity contribution in [1.82, 2.24) is 14.5 Å². The number of para-hydroxylation sites is 2. The van der Waals surface area contributed by atoms with Crippen LogP contribution < -0.4 is 5.19 Å². The number of nitrogens with zero attached hydrogens (tertiary/aromatic N) is 3. The van der Waals surface area contributed by atoms with Crippen LogP contribution in [0.2, 0.25) is 19.6 Å². The molecule has 0 bridgehead atoms. The average molecular weight is 986 g/mol. The van der Waals surface area contributed by atoms with E-state index >= 15 is 0 Å². The molecule has 0 aliphatic heterocycles. The maximum atomic E-state index is 5.91. The van der Waals surface area contributed by atoms with Crippen molar-refractivity contribution in [3.63, 3.8) is 0 Å². The van der Waals surface area contributed by atoms with Crippen molar-refractivity contribution in [1.29, 1.82) is 0 Å². The van der Waals surface area contributed by atoms with Crippen LogP contribution in [-0.4, -0.2) is 22.6 Å².